The van der Waals surface area contributed by atoms with E-state index in [0.29, 0.717) is 0 Å². The molecule has 2 aromatic rings. The maximum absolute atomic E-state index is 12.0. The molecule has 1 unspecified atom stereocenters. The smallest absolute Gasteiger partial charge is 0.268 e. The number of hydrogen-bond donors (Lipinski definition) is 1. The number of anilines is 1. The molecule has 1 aromatic carbocycles. The molecular weight excluding hydrogens is 266 g/mol. The van der Waals surface area contributed by atoms with Gasteiger partial charge in [0, 0.05) is 20.2 Å². The van der Waals surface area contributed by atoms with Crippen LogP contribution >= 0.6 is 0 Å². The standard InChI is InChI=1S/C16H21N3O2/c1-11-5-6-13(7-12(11)2)15(20)10-19-16(21)8-14(9-17-19)18(3)4/h5-9,15,20H,10H2,1-4H3. The second kappa shape index (κ2) is 6.10. The van der Waals surface area contributed by atoms with Gasteiger partial charge in [-0.2, -0.15) is 5.10 Å². The predicted molar refractivity (Wildman–Crippen MR) is 83.7 cm³/mol. The van der Waals surface area contributed by atoms with Crippen LogP contribution in [0.2, 0.25) is 0 Å². The van der Waals surface area contributed by atoms with Gasteiger partial charge in [-0.25, -0.2) is 4.68 Å². The van der Waals surface area contributed by atoms with E-state index in [9.17, 15) is 9.90 Å². The molecule has 112 valence electrons. The molecule has 0 aliphatic rings. The van der Waals surface area contributed by atoms with Gasteiger partial charge in [-0.1, -0.05) is 18.2 Å². The fraction of sp³-hybridized carbons (Fsp3) is 0.375. The Morgan fingerprint density at radius 3 is 2.52 bits per heavy atom. The first-order valence-corrected chi connectivity index (χ1v) is 6.88. The number of aromatic nitrogens is 2. The van der Waals surface area contributed by atoms with Crippen LogP contribution in [0.1, 0.15) is 22.8 Å². The molecule has 1 aromatic heterocycles. The number of benzene rings is 1. The normalized spacial score (nSPS) is 12.2. The Kier molecular flexibility index (Phi) is 4.43. The van der Waals surface area contributed by atoms with Gasteiger partial charge in [0.1, 0.15) is 0 Å². The molecule has 0 saturated carbocycles. The summed E-state index contributed by atoms with van der Waals surface area (Å²) in [6.07, 6.45) is 0.869. The van der Waals surface area contributed by atoms with Crippen molar-refractivity contribution in [1.29, 1.82) is 0 Å². The molecule has 0 radical (unpaired) electrons. The van der Waals surface area contributed by atoms with E-state index >= 15 is 0 Å². The van der Waals surface area contributed by atoms with Crippen molar-refractivity contribution in [3.8, 4) is 0 Å². The van der Waals surface area contributed by atoms with Gasteiger partial charge in [-0.3, -0.25) is 4.79 Å². The van der Waals surface area contributed by atoms with Crippen molar-refractivity contribution in [2.24, 2.45) is 0 Å². The van der Waals surface area contributed by atoms with E-state index in [0.717, 1.165) is 16.8 Å². The van der Waals surface area contributed by atoms with Crippen LogP contribution in [0.5, 0.6) is 0 Å². The van der Waals surface area contributed by atoms with Crippen molar-refractivity contribution in [3.05, 3.63) is 57.5 Å². The molecule has 21 heavy (non-hydrogen) atoms. The fourth-order valence-corrected chi connectivity index (χ4v) is 2.05. The van der Waals surface area contributed by atoms with Crippen molar-refractivity contribution < 1.29 is 5.11 Å². The molecule has 1 N–H and O–H groups in total. The van der Waals surface area contributed by atoms with Crippen molar-refractivity contribution >= 4 is 5.69 Å². The summed E-state index contributed by atoms with van der Waals surface area (Å²) in [7, 11) is 3.70. The third kappa shape index (κ3) is 3.49. The van der Waals surface area contributed by atoms with Gasteiger partial charge < -0.3 is 10.0 Å². The van der Waals surface area contributed by atoms with Gasteiger partial charge in [0.2, 0.25) is 0 Å². The summed E-state index contributed by atoms with van der Waals surface area (Å²) in [5, 5.41) is 14.4. The summed E-state index contributed by atoms with van der Waals surface area (Å²) in [6.45, 7) is 4.18. The number of hydrogen-bond acceptors (Lipinski definition) is 4. The monoisotopic (exact) mass is 287 g/mol. The Bertz CT molecular complexity index is 692. The molecule has 0 fully saturated rings. The van der Waals surface area contributed by atoms with E-state index in [1.807, 2.05) is 51.0 Å². The Morgan fingerprint density at radius 2 is 1.95 bits per heavy atom. The summed E-state index contributed by atoms with van der Waals surface area (Å²) < 4.78 is 1.28. The van der Waals surface area contributed by atoms with Crippen LogP contribution in [0.25, 0.3) is 0 Å². The third-order valence-corrected chi connectivity index (χ3v) is 3.63. The second-order valence-corrected chi connectivity index (χ2v) is 5.49. The highest BCUT2D eigenvalue weighted by Crippen LogP contribution is 2.18. The van der Waals surface area contributed by atoms with Crippen LogP contribution in [0.3, 0.4) is 0 Å². The minimum Gasteiger partial charge on any atom is -0.386 e. The van der Waals surface area contributed by atoms with Crippen molar-refractivity contribution in [2.75, 3.05) is 19.0 Å². The highest BCUT2D eigenvalue weighted by molar-refractivity contribution is 5.40. The van der Waals surface area contributed by atoms with Gasteiger partial charge in [-0.15, -0.1) is 0 Å². The minimum absolute atomic E-state index is 0.148. The molecule has 5 heteroatoms. The highest BCUT2D eigenvalue weighted by Gasteiger charge is 2.11. The van der Waals surface area contributed by atoms with Crippen molar-refractivity contribution in [3.63, 3.8) is 0 Å². The number of aliphatic hydroxyl groups is 1. The van der Waals surface area contributed by atoms with Crippen LogP contribution in [0, 0.1) is 13.8 Å². The van der Waals surface area contributed by atoms with Gasteiger partial charge in [0.05, 0.1) is 24.5 Å². The average molecular weight is 287 g/mol. The Balaban J connectivity index is 2.21. The first kappa shape index (κ1) is 15.3. The molecular formula is C16H21N3O2. The van der Waals surface area contributed by atoms with E-state index < -0.39 is 6.10 Å². The van der Waals surface area contributed by atoms with Gasteiger partial charge in [-0.05, 0) is 30.5 Å². The molecule has 0 bridgehead atoms. The fourth-order valence-electron chi connectivity index (χ4n) is 2.05. The molecule has 0 saturated heterocycles. The lowest BCUT2D eigenvalue weighted by atomic mass is 10.0. The molecule has 0 amide bonds. The summed E-state index contributed by atoms with van der Waals surface area (Å²) in [5.41, 5.74) is 3.62. The maximum atomic E-state index is 12.0. The second-order valence-electron chi connectivity index (χ2n) is 5.49. The quantitative estimate of drug-likeness (QED) is 0.929. The van der Waals surface area contributed by atoms with Gasteiger partial charge in [0.15, 0.2) is 0 Å². The van der Waals surface area contributed by atoms with Crippen LogP contribution < -0.4 is 10.5 Å². The van der Waals surface area contributed by atoms with E-state index in [4.69, 9.17) is 0 Å². The van der Waals surface area contributed by atoms with Crippen LogP contribution in [-0.4, -0.2) is 29.0 Å². The SMILES string of the molecule is Cc1ccc(C(O)Cn2ncc(N(C)C)cc2=O)cc1C. The molecule has 0 spiro atoms. The molecule has 5 nitrogen and oxygen atoms in total. The van der Waals surface area contributed by atoms with Crippen LogP contribution in [-0.2, 0) is 6.54 Å². The predicted octanol–water partition coefficient (Wildman–Crippen LogP) is 1.66. The minimum atomic E-state index is -0.750. The Hall–Kier alpha value is -2.14. The van der Waals surface area contributed by atoms with E-state index in [2.05, 4.69) is 5.10 Å². The summed E-state index contributed by atoms with van der Waals surface area (Å²) in [5.74, 6) is 0. The number of rotatable bonds is 4. The largest absolute Gasteiger partial charge is 0.386 e. The lowest BCUT2D eigenvalue weighted by Gasteiger charge is -2.15. The third-order valence-electron chi connectivity index (χ3n) is 3.63. The van der Waals surface area contributed by atoms with Crippen LogP contribution in [0.4, 0.5) is 5.69 Å². The topological polar surface area (TPSA) is 58.4 Å². The molecule has 0 aliphatic carbocycles. The lowest BCUT2D eigenvalue weighted by molar-refractivity contribution is 0.149. The Labute approximate surface area is 124 Å². The van der Waals surface area contributed by atoms with Crippen molar-refractivity contribution in [1.82, 2.24) is 9.78 Å². The van der Waals surface area contributed by atoms with E-state index in [1.54, 1.807) is 6.20 Å². The molecule has 2 rings (SSSR count). The van der Waals surface area contributed by atoms with E-state index in [1.165, 1.54) is 16.3 Å². The van der Waals surface area contributed by atoms with Crippen LogP contribution in [0.15, 0.2) is 35.3 Å². The average Bonchev–Trinajstić information content (AvgIpc) is 2.43. The first-order chi connectivity index (χ1) is 9.88. The highest BCUT2D eigenvalue weighted by atomic mass is 16.3. The summed E-state index contributed by atoms with van der Waals surface area (Å²) >= 11 is 0. The summed E-state index contributed by atoms with van der Waals surface area (Å²) in [4.78, 5) is 13.8. The lowest BCUT2D eigenvalue weighted by Crippen LogP contribution is -2.26. The number of aliphatic hydroxyl groups excluding tert-OH is 1. The van der Waals surface area contributed by atoms with Gasteiger partial charge in [0.25, 0.3) is 5.56 Å². The zero-order valence-electron chi connectivity index (χ0n) is 12.9. The number of aryl methyl sites for hydroxylation is 2. The Morgan fingerprint density at radius 1 is 1.24 bits per heavy atom. The van der Waals surface area contributed by atoms with Gasteiger partial charge >= 0.3 is 0 Å². The molecule has 1 heterocycles. The number of nitrogens with zero attached hydrogens (tertiary/aromatic N) is 3. The van der Waals surface area contributed by atoms with Crippen molar-refractivity contribution in [2.45, 2.75) is 26.5 Å². The molecule has 1 atom stereocenters. The van der Waals surface area contributed by atoms with E-state index in [-0.39, 0.29) is 12.1 Å². The zero-order chi connectivity index (χ0) is 15.6. The molecule has 0 aliphatic heterocycles. The maximum Gasteiger partial charge on any atom is 0.268 e. The first-order valence-electron chi connectivity index (χ1n) is 6.88. The summed E-state index contributed by atoms with van der Waals surface area (Å²) in [6, 6.07) is 7.31. The zero-order valence-corrected chi connectivity index (χ0v) is 12.9.